The van der Waals surface area contributed by atoms with E-state index in [0.717, 1.165) is 32.7 Å². The standard InChI is InChI=1S/C20H17N3O2S/c1-11-16(14-7-3-4-9-21-14)18(17(20(24)25)12(2)23-11)13-6-5-8-15-19(13)26-10-22-15/h3-10,18,23H,1-2H3,(H,24,25). The number of pyridine rings is 1. The van der Waals surface area contributed by atoms with Crippen LogP contribution in [-0.4, -0.2) is 21.0 Å². The Kier molecular flexibility index (Phi) is 4.05. The number of hydrogen-bond acceptors (Lipinski definition) is 5. The molecule has 1 unspecified atom stereocenters. The number of aliphatic carboxylic acids is 1. The van der Waals surface area contributed by atoms with Gasteiger partial charge < -0.3 is 10.4 Å². The summed E-state index contributed by atoms with van der Waals surface area (Å²) in [7, 11) is 0. The third-order valence-corrected chi connectivity index (χ3v) is 5.52. The molecular formula is C20H17N3O2S. The summed E-state index contributed by atoms with van der Waals surface area (Å²) in [6.45, 7) is 3.77. The van der Waals surface area contributed by atoms with E-state index in [1.807, 2.05) is 50.2 Å². The van der Waals surface area contributed by atoms with E-state index >= 15 is 0 Å². The highest BCUT2D eigenvalue weighted by molar-refractivity contribution is 7.17. The van der Waals surface area contributed by atoms with Crippen LogP contribution in [-0.2, 0) is 4.79 Å². The van der Waals surface area contributed by atoms with Gasteiger partial charge in [-0.2, -0.15) is 0 Å². The van der Waals surface area contributed by atoms with Crippen molar-refractivity contribution in [3.05, 3.63) is 76.3 Å². The second-order valence-electron chi connectivity index (χ2n) is 6.20. The molecular weight excluding hydrogens is 346 g/mol. The number of nitrogens with zero attached hydrogens (tertiary/aromatic N) is 2. The van der Waals surface area contributed by atoms with Crippen molar-refractivity contribution in [1.82, 2.24) is 15.3 Å². The topological polar surface area (TPSA) is 75.1 Å². The van der Waals surface area contributed by atoms with Crippen LogP contribution >= 0.6 is 11.3 Å². The molecule has 0 bridgehead atoms. The van der Waals surface area contributed by atoms with Gasteiger partial charge in [0.25, 0.3) is 0 Å². The maximum Gasteiger partial charge on any atom is 0.334 e. The summed E-state index contributed by atoms with van der Waals surface area (Å²) in [5.41, 5.74) is 7.19. The Balaban J connectivity index is 2.03. The van der Waals surface area contributed by atoms with Crippen molar-refractivity contribution in [3.63, 3.8) is 0 Å². The van der Waals surface area contributed by atoms with E-state index < -0.39 is 11.9 Å². The van der Waals surface area contributed by atoms with Crippen molar-refractivity contribution in [3.8, 4) is 0 Å². The largest absolute Gasteiger partial charge is 0.478 e. The molecule has 1 atom stereocenters. The summed E-state index contributed by atoms with van der Waals surface area (Å²) in [6.07, 6.45) is 1.73. The Morgan fingerprint density at radius 3 is 2.69 bits per heavy atom. The van der Waals surface area contributed by atoms with Crippen molar-refractivity contribution >= 4 is 33.1 Å². The average Bonchev–Trinajstić information content (AvgIpc) is 3.10. The lowest BCUT2D eigenvalue weighted by molar-refractivity contribution is -0.132. The zero-order valence-electron chi connectivity index (χ0n) is 14.4. The molecule has 0 saturated carbocycles. The van der Waals surface area contributed by atoms with Crippen LogP contribution in [0.3, 0.4) is 0 Å². The lowest BCUT2D eigenvalue weighted by Gasteiger charge is -2.30. The van der Waals surface area contributed by atoms with Crippen LogP contribution in [0.1, 0.15) is 31.0 Å². The number of dihydropyridines is 1. The number of hydrogen-bond donors (Lipinski definition) is 2. The summed E-state index contributed by atoms with van der Waals surface area (Å²) >= 11 is 1.53. The Bertz CT molecular complexity index is 1070. The minimum Gasteiger partial charge on any atom is -0.478 e. The van der Waals surface area contributed by atoms with Crippen molar-refractivity contribution in [2.75, 3.05) is 0 Å². The Morgan fingerprint density at radius 2 is 1.96 bits per heavy atom. The third-order valence-electron chi connectivity index (χ3n) is 4.63. The predicted octanol–water partition coefficient (Wildman–Crippen LogP) is 4.17. The van der Waals surface area contributed by atoms with Gasteiger partial charge in [-0.25, -0.2) is 9.78 Å². The highest BCUT2D eigenvalue weighted by Crippen LogP contribution is 2.45. The normalized spacial score (nSPS) is 17.5. The van der Waals surface area contributed by atoms with E-state index in [1.165, 1.54) is 11.3 Å². The molecule has 0 fully saturated rings. The van der Waals surface area contributed by atoms with Crippen LogP contribution in [0.15, 0.2) is 65.1 Å². The van der Waals surface area contributed by atoms with Crippen molar-refractivity contribution < 1.29 is 9.90 Å². The van der Waals surface area contributed by atoms with E-state index in [4.69, 9.17) is 0 Å². The molecule has 2 aromatic heterocycles. The van der Waals surface area contributed by atoms with Gasteiger partial charge in [-0.05, 0) is 37.6 Å². The summed E-state index contributed by atoms with van der Waals surface area (Å²) in [4.78, 5) is 21.0. The summed E-state index contributed by atoms with van der Waals surface area (Å²) in [5, 5.41) is 13.2. The zero-order valence-corrected chi connectivity index (χ0v) is 15.2. The van der Waals surface area contributed by atoms with Gasteiger partial charge in [-0.15, -0.1) is 11.3 Å². The number of benzene rings is 1. The molecule has 3 heterocycles. The van der Waals surface area contributed by atoms with E-state index in [0.29, 0.717) is 11.3 Å². The number of nitrogens with one attached hydrogen (secondary N) is 1. The highest BCUT2D eigenvalue weighted by Gasteiger charge is 2.35. The van der Waals surface area contributed by atoms with E-state index in [2.05, 4.69) is 15.3 Å². The van der Waals surface area contributed by atoms with Crippen LogP contribution in [0.2, 0.25) is 0 Å². The fraction of sp³-hybridized carbons (Fsp3) is 0.150. The number of carbonyl (C=O) groups is 1. The van der Waals surface area contributed by atoms with Crippen LogP contribution in [0.5, 0.6) is 0 Å². The van der Waals surface area contributed by atoms with Crippen LogP contribution < -0.4 is 5.32 Å². The van der Waals surface area contributed by atoms with Gasteiger partial charge in [-0.1, -0.05) is 18.2 Å². The van der Waals surface area contributed by atoms with Crippen molar-refractivity contribution in [1.29, 1.82) is 0 Å². The second-order valence-corrected chi connectivity index (χ2v) is 7.06. The van der Waals surface area contributed by atoms with Gasteiger partial charge in [0.1, 0.15) is 0 Å². The molecule has 0 saturated heterocycles. The molecule has 0 aliphatic carbocycles. The predicted molar refractivity (Wildman–Crippen MR) is 103 cm³/mol. The molecule has 26 heavy (non-hydrogen) atoms. The highest BCUT2D eigenvalue weighted by atomic mass is 32.1. The van der Waals surface area contributed by atoms with Gasteiger partial charge in [0, 0.05) is 29.1 Å². The third kappa shape index (κ3) is 2.59. The monoisotopic (exact) mass is 363 g/mol. The lowest BCUT2D eigenvalue weighted by atomic mass is 9.79. The maximum absolute atomic E-state index is 12.2. The number of allylic oxidation sites excluding steroid dienone is 3. The fourth-order valence-electron chi connectivity index (χ4n) is 3.59. The molecule has 6 heteroatoms. The van der Waals surface area contributed by atoms with Gasteiger partial charge in [0.2, 0.25) is 0 Å². The molecule has 0 spiro atoms. The minimum atomic E-state index is -0.928. The van der Waals surface area contributed by atoms with E-state index in [1.54, 1.807) is 11.7 Å². The molecule has 1 aromatic carbocycles. The minimum absolute atomic E-state index is 0.345. The molecule has 1 aliphatic rings. The molecule has 0 radical (unpaired) electrons. The van der Waals surface area contributed by atoms with Gasteiger partial charge >= 0.3 is 5.97 Å². The number of fused-ring (bicyclic) bond motifs is 1. The summed E-state index contributed by atoms with van der Waals surface area (Å²) in [6, 6.07) is 11.6. The molecule has 2 N–H and O–H groups in total. The number of rotatable bonds is 3. The molecule has 3 aromatic rings. The van der Waals surface area contributed by atoms with E-state index in [-0.39, 0.29) is 0 Å². The smallest absolute Gasteiger partial charge is 0.334 e. The van der Waals surface area contributed by atoms with Crippen LogP contribution in [0, 0.1) is 0 Å². The van der Waals surface area contributed by atoms with E-state index in [9.17, 15) is 9.90 Å². The Morgan fingerprint density at radius 1 is 1.12 bits per heavy atom. The lowest BCUT2D eigenvalue weighted by Crippen LogP contribution is -2.27. The van der Waals surface area contributed by atoms with Gasteiger partial charge in [-0.3, -0.25) is 4.98 Å². The average molecular weight is 363 g/mol. The molecule has 130 valence electrons. The number of carboxylic acids is 1. The zero-order chi connectivity index (χ0) is 18.3. The number of thiazole rings is 1. The maximum atomic E-state index is 12.2. The van der Waals surface area contributed by atoms with Crippen molar-refractivity contribution in [2.45, 2.75) is 19.8 Å². The Hall–Kier alpha value is -2.99. The second kappa shape index (κ2) is 6.38. The molecule has 1 aliphatic heterocycles. The quantitative estimate of drug-likeness (QED) is 0.730. The first kappa shape index (κ1) is 16.5. The van der Waals surface area contributed by atoms with Crippen LogP contribution in [0.25, 0.3) is 15.8 Å². The van der Waals surface area contributed by atoms with Gasteiger partial charge in [0.05, 0.1) is 27.0 Å². The van der Waals surface area contributed by atoms with Gasteiger partial charge in [0.15, 0.2) is 0 Å². The van der Waals surface area contributed by atoms with Crippen LogP contribution in [0.4, 0.5) is 0 Å². The first-order chi connectivity index (χ1) is 12.6. The first-order valence-electron chi connectivity index (χ1n) is 8.23. The molecule has 0 amide bonds. The SMILES string of the molecule is CC1=C(C(=O)O)C(c2cccc3ncsc23)C(c2ccccn2)=C(C)N1. The summed E-state index contributed by atoms with van der Waals surface area (Å²) < 4.78 is 1.01. The number of aromatic nitrogens is 2. The first-order valence-corrected chi connectivity index (χ1v) is 9.11. The molecule has 4 rings (SSSR count). The number of carboxylic acid groups (broad SMARTS) is 1. The molecule has 5 nitrogen and oxygen atoms in total. The summed E-state index contributed by atoms with van der Waals surface area (Å²) in [5.74, 6) is -1.34. The Labute approximate surface area is 154 Å². The fourth-order valence-corrected chi connectivity index (χ4v) is 4.42. The van der Waals surface area contributed by atoms with Crippen molar-refractivity contribution in [2.24, 2.45) is 0 Å².